The van der Waals surface area contributed by atoms with Gasteiger partial charge in [-0.15, -0.1) is 0 Å². The first-order chi connectivity index (χ1) is 11.9. The molecule has 0 saturated carbocycles. The number of pyridine rings is 1. The van der Waals surface area contributed by atoms with Crippen molar-refractivity contribution in [2.75, 3.05) is 5.73 Å². The minimum Gasteiger partial charge on any atom is -0.508 e. The fourth-order valence-corrected chi connectivity index (χ4v) is 3.16. The number of aromatic hydroxyl groups is 1. The van der Waals surface area contributed by atoms with Crippen molar-refractivity contribution in [3.63, 3.8) is 0 Å². The van der Waals surface area contributed by atoms with E-state index in [0.29, 0.717) is 33.5 Å². The molecule has 4 aromatic rings. The Hall–Kier alpha value is -3.55. The van der Waals surface area contributed by atoms with E-state index in [9.17, 15) is 9.90 Å². The minimum atomic E-state index is -0.669. The van der Waals surface area contributed by atoms with Crippen LogP contribution in [0.3, 0.4) is 0 Å². The lowest BCUT2D eigenvalue weighted by Gasteiger charge is -2.15. The number of phenolic OH excluding ortho intramolecular Hbond substituents is 1. The number of hydrogen-bond donors (Lipinski definition) is 3. The van der Waals surface area contributed by atoms with Gasteiger partial charge in [0.15, 0.2) is 12.0 Å². The first kappa shape index (κ1) is 15.0. The van der Waals surface area contributed by atoms with Crippen molar-refractivity contribution < 1.29 is 14.3 Å². The van der Waals surface area contributed by atoms with Crippen LogP contribution in [0, 0.1) is 13.8 Å². The maximum atomic E-state index is 12.0. The SMILES string of the molecule is Cc1ccc(O)c(C)c1-n1c(N)c(C(N)=O)c2cc3ocnc3nc21. The molecule has 0 saturated heterocycles. The maximum Gasteiger partial charge on any atom is 0.253 e. The lowest BCUT2D eigenvalue weighted by Crippen LogP contribution is -2.14. The summed E-state index contributed by atoms with van der Waals surface area (Å²) >= 11 is 0. The molecule has 1 aromatic carbocycles. The van der Waals surface area contributed by atoms with Crippen molar-refractivity contribution in [3.8, 4) is 11.4 Å². The van der Waals surface area contributed by atoms with E-state index >= 15 is 0 Å². The summed E-state index contributed by atoms with van der Waals surface area (Å²) in [6.07, 6.45) is 1.28. The quantitative estimate of drug-likeness (QED) is 0.513. The number of phenols is 1. The second-order valence-electron chi connectivity index (χ2n) is 5.87. The molecule has 8 heteroatoms. The number of rotatable bonds is 2. The summed E-state index contributed by atoms with van der Waals surface area (Å²) in [6, 6.07) is 5.01. The monoisotopic (exact) mass is 337 g/mol. The third kappa shape index (κ3) is 1.97. The number of hydrogen-bond acceptors (Lipinski definition) is 6. The molecule has 1 amide bonds. The Kier molecular flexibility index (Phi) is 2.98. The normalized spacial score (nSPS) is 11.4. The third-order valence-corrected chi connectivity index (χ3v) is 4.36. The summed E-state index contributed by atoms with van der Waals surface area (Å²) in [6.45, 7) is 3.65. The highest BCUT2D eigenvalue weighted by atomic mass is 16.3. The zero-order valence-electron chi connectivity index (χ0n) is 13.6. The Morgan fingerprint density at radius 1 is 1.32 bits per heavy atom. The van der Waals surface area contributed by atoms with Crippen molar-refractivity contribution in [1.82, 2.24) is 14.5 Å². The van der Waals surface area contributed by atoms with E-state index in [1.807, 2.05) is 6.92 Å². The maximum absolute atomic E-state index is 12.0. The Labute approximate surface area is 141 Å². The summed E-state index contributed by atoms with van der Waals surface area (Å²) in [5.74, 6) is -0.401. The molecule has 126 valence electrons. The van der Waals surface area contributed by atoms with Gasteiger partial charge in [0.1, 0.15) is 17.2 Å². The van der Waals surface area contributed by atoms with E-state index in [4.69, 9.17) is 15.9 Å². The Morgan fingerprint density at radius 2 is 2.08 bits per heavy atom. The lowest BCUT2D eigenvalue weighted by molar-refractivity contribution is 0.100. The van der Waals surface area contributed by atoms with Crippen molar-refractivity contribution in [1.29, 1.82) is 0 Å². The molecule has 0 aliphatic heterocycles. The van der Waals surface area contributed by atoms with E-state index in [1.54, 1.807) is 29.7 Å². The number of nitrogens with zero attached hydrogens (tertiary/aromatic N) is 3. The highest BCUT2D eigenvalue weighted by Gasteiger charge is 2.24. The molecule has 3 heterocycles. The van der Waals surface area contributed by atoms with E-state index in [-0.39, 0.29) is 17.1 Å². The van der Waals surface area contributed by atoms with Gasteiger partial charge < -0.3 is 21.0 Å². The van der Waals surface area contributed by atoms with Gasteiger partial charge in [-0.2, -0.15) is 4.98 Å². The van der Waals surface area contributed by atoms with Gasteiger partial charge in [-0.3, -0.25) is 9.36 Å². The third-order valence-electron chi connectivity index (χ3n) is 4.36. The van der Waals surface area contributed by atoms with Crippen LogP contribution in [-0.2, 0) is 0 Å². The van der Waals surface area contributed by atoms with Crippen LogP contribution in [0.1, 0.15) is 21.5 Å². The number of oxazole rings is 1. The molecule has 4 rings (SSSR count). The molecule has 0 fully saturated rings. The zero-order chi connectivity index (χ0) is 17.9. The number of amides is 1. The first-order valence-corrected chi connectivity index (χ1v) is 7.53. The van der Waals surface area contributed by atoms with Crippen LogP contribution in [0.2, 0.25) is 0 Å². The van der Waals surface area contributed by atoms with Crippen LogP contribution in [0.4, 0.5) is 5.82 Å². The molecule has 8 nitrogen and oxygen atoms in total. The second kappa shape index (κ2) is 4.97. The van der Waals surface area contributed by atoms with Gasteiger partial charge in [-0.05, 0) is 31.5 Å². The first-order valence-electron chi connectivity index (χ1n) is 7.53. The molecular formula is C17H15N5O3. The highest BCUT2D eigenvalue weighted by molar-refractivity contribution is 6.12. The van der Waals surface area contributed by atoms with Crippen molar-refractivity contribution in [3.05, 3.63) is 41.3 Å². The predicted octanol–water partition coefficient (Wildman–Crippen LogP) is 2.17. The molecular weight excluding hydrogens is 322 g/mol. The Morgan fingerprint density at radius 3 is 2.80 bits per heavy atom. The number of nitrogen functional groups attached to an aromatic ring is 1. The molecule has 0 aliphatic carbocycles. The fraction of sp³-hybridized carbons (Fsp3) is 0.118. The molecule has 0 atom stereocenters. The summed E-state index contributed by atoms with van der Waals surface area (Å²) in [4.78, 5) is 20.5. The van der Waals surface area contributed by atoms with E-state index < -0.39 is 5.91 Å². The van der Waals surface area contributed by atoms with Crippen LogP contribution in [0.15, 0.2) is 29.0 Å². The number of aromatic nitrogens is 3. The molecule has 5 N–H and O–H groups in total. The number of carbonyl (C=O) groups is 1. The van der Waals surface area contributed by atoms with Crippen LogP contribution in [0.5, 0.6) is 5.75 Å². The van der Waals surface area contributed by atoms with Gasteiger partial charge in [0.25, 0.3) is 5.91 Å². The molecule has 0 unspecified atom stereocenters. The van der Waals surface area contributed by atoms with Crippen molar-refractivity contribution in [2.24, 2.45) is 5.73 Å². The molecule has 0 radical (unpaired) electrons. The summed E-state index contributed by atoms with van der Waals surface area (Å²) in [5.41, 5.74) is 15.3. The molecule has 0 bridgehead atoms. The minimum absolute atomic E-state index is 0.116. The van der Waals surface area contributed by atoms with Gasteiger partial charge >= 0.3 is 0 Å². The molecule has 3 aromatic heterocycles. The average molecular weight is 337 g/mol. The van der Waals surface area contributed by atoms with E-state index in [0.717, 1.165) is 5.56 Å². The summed E-state index contributed by atoms with van der Waals surface area (Å²) in [7, 11) is 0. The van der Waals surface area contributed by atoms with Crippen LogP contribution in [-0.4, -0.2) is 25.5 Å². The van der Waals surface area contributed by atoms with Gasteiger partial charge in [0.05, 0.1) is 11.3 Å². The highest BCUT2D eigenvalue weighted by Crippen LogP contribution is 2.36. The zero-order valence-corrected chi connectivity index (χ0v) is 13.6. The Bertz CT molecular complexity index is 1170. The van der Waals surface area contributed by atoms with Crippen molar-refractivity contribution >= 4 is 34.0 Å². The Balaban J connectivity index is 2.23. The largest absolute Gasteiger partial charge is 0.508 e. The number of fused-ring (bicyclic) bond motifs is 2. The van der Waals surface area contributed by atoms with Gasteiger partial charge in [0.2, 0.25) is 5.65 Å². The van der Waals surface area contributed by atoms with Crippen LogP contribution >= 0.6 is 0 Å². The predicted molar refractivity (Wildman–Crippen MR) is 92.7 cm³/mol. The van der Waals surface area contributed by atoms with Crippen LogP contribution < -0.4 is 11.5 Å². The summed E-state index contributed by atoms with van der Waals surface area (Å²) < 4.78 is 6.89. The van der Waals surface area contributed by atoms with Crippen molar-refractivity contribution in [2.45, 2.75) is 13.8 Å². The number of primary amides is 1. The van der Waals surface area contributed by atoms with E-state index in [2.05, 4.69) is 9.97 Å². The van der Waals surface area contributed by atoms with Gasteiger partial charge in [-0.25, -0.2) is 4.98 Å². The smallest absolute Gasteiger partial charge is 0.253 e. The number of aryl methyl sites for hydroxylation is 1. The molecule has 0 aliphatic rings. The topological polar surface area (TPSA) is 133 Å². The number of nitrogens with two attached hydrogens (primary N) is 2. The molecule has 0 spiro atoms. The average Bonchev–Trinajstić information content (AvgIpc) is 3.11. The number of anilines is 1. The fourth-order valence-electron chi connectivity index (χ4n) is 3.16. The number of carbonyl (C=O) groups excluding carboxylic acids is 1. The number of benzene rings is 1. The van der Waals surface area contributed by atoms with E-state index in [1.165, 1.54) is 6.39 Å². The van der Waals surface area contributed by atoms with Gasteiger partial charge in [0, 0.05) is 10.9 Å². The lowest BCUT2D eigenvalue weighted by atomic mass is 10.1. The summed E-state index contributed by atoms with van der Waals surface area (Å²) in [5, 5.41) is 10.6. The van der Waals surface area contributed by atoms with Crippen LogP contribution in [0.25, 0.3) is 28.0 Å². The standard InChI is InChI=1S/C17H15N5O3/c1-7-3-4-10(23)8(2)13(7)22-14(18)12(15(19)24)9-5-11-16(20-6-25-11)21-17(9)22/h3-6,23H,18H2,1-2H3,(H2,19,24). The van der Waals surface area contributed by atoms with Gasteiger partial charge in [-0.1, -0.05) is 6.07 Å². The second-order valence-corrected chi connectivity index (χ2v) is 5.87. The molecule has 25 heavy (non-hydrogen) atoms.